The molecule has 2 N–H and O–H groups in total. The molecule has 17 heavy (non-hydrogen) atoms. The Labute approximate surface area is 108 Å². The molecule has 1 aliphatic rings. The standard InChI is InChI=1S/C13H21N3S/c1-3-12-9-16(6-7-17-12)11-4-5-13(10(2)14)15-8-11/h4-5,8,10,12H,3,6-7,9,14H2,1-2H3. The van der Waals surface area contributed by atoms with Crippen LogP contribution >= 0.6 is 11.8 Å². The molecular formula is C13H21N3S. The van der Waals surface area contributed by atoms with Gasteiger partial charge in [-0.25, -0.2) is 0 Å². The topological polar surface area (TPSA) is 42.1 Å². The highest BCUT2D eigenvalue weighted by Crippen LogP contribution is 2.25. The van der Waals surface area contributed by atoms with Crippen molar-refractivity contribution in [2.24, 2.45) is 5.73 Å². The van der Waals surface area contributed by atoms with Crippen LogP contribution < -0.4 is 10.6 Å². The van der Waals surface area contributed by atoms with Crippen LogP contribution in [0.5, 0.6) is 0 Å². The van der Waals surface area contributed by atoms with E-state index < -0.39 is 0 Å². The van der Waals surface area contributed by atoms with Gasteiger partial charge in [-0.3, -0.25) is 4.98 Å². The predicted octanol–water partition coefficient (Wildman–Crippen LogP) is 2.43. The molecule has 3 nitrogen and oxygen atoms in total. The minimum atomic E-state index is 0.0179. The fraction of sp³-hybridized carbons (Fsp3) is 0.615. The highest BCUT2D eigenvalue weighted by Gasteiger charge is 2.19. The summed E-state index contributed by atoms with van der Waals surface area (Å²) in [4.78, 5) is 6.86. The summed E-state index contributed by atoms with van der Waals surface area (Å²) >= 11 is 2.09. The molecule has 4 heteroatoms. The van der Waals surface area contributed by atoms with E-state index in [0.717, 1.165) is 24.0 Å². The zero-order valence-electron chi connectivity index (χ0n) is 10.6. The SMILES string of the molecule is CCC1CN(c2ccc(C(C)N)nc2)CCS1. The van der Waals surface area contributed by atoms with Crippen molar-refractivity contribution in [3.8, 4) is 0 Å². The zero-order valence-corrected chi connectivity index (χ0v) is 11.4. The monoisotopic (exact) mass is 251 g/mol. The number of anilines is 1. The fourth-order valence-electron chi connectivity index (χ4n) is 2.05. The molecule has 0 bridgehead atoms. The van der Waals surface area contributed by atoms with Crippen LogP contribution in [0.3, 0.4) is 0 Å². The van der Waals surface area contributed by atoms with Crippen molar-refractivity contribution in [3.05, 3.63) is 24.0 Å². The third-order valence-corrected chi connectivity index (χ3v) is 4.57. The van der Waals surface area contributed by atoms with Gasteiger partial charge >= 0.3 is 0 Å². The number of rotatable bonds is 3. The maximum absolute atomic E-state index is 5.81. The Bertz CT molecular complexity index is 350. The van der Waals surface area contributed by atoms with E-state index in [0.29, 0.717) is 0 Å². The molecular weight excluding hydrogens is 230 g/mol. The van der Waals surface area contributed by atoms with Gasteiger partial charge in [-0.15, -0.1) is 0 Å². The molecule has 2 rings (SSSR count). The predicted molar refractivity (Wildman–Crippen MR) is 75.6 cm³/mol. The van der Waals surface area contributed by atoms with Crippen molar-refractivity contribution in [2.75, 3.05) is 23.7 Å². The molecule has 2 heterocycles. The molecule has 94 valence electrons. The lowest BCUT2D eigenvalue weighted by Gasteiger charge is -2.33. The Morgan fingerprint density at radius 3 is 3.00 bits per heavy atom. The van der Waals surface area contributed by atoms with Crippen LogP contribution in [-0.4, -0.2) is 29.1 Å². The molecule has 2 unspecified atom stereocenters. The molecule has 0 spiro atoms. The van der Waals surface area contributed by atoms with Gasteiger partial charge in [0.25, 0.3) is 0 Å². The normalized spacial score (nSPS) is 22.5. The third kappa shape index (κ3) is 3.13. The summed E-state index contributed by atoms with van der Waals surface area (Å²) in [5, 5.41) is 0.761. The summed E-state index contributed by atoms with van der Waals surface area (Å²) in [5.41, 5.74) is 8.00. The second kappa shape index (κ2) is 5.74. The van der Waals surface area contributed by atoms with E-state index in [2.05, 4.69) is 34.6 Å². The molecule has 0 aromatic carbocycles. The Hall–Kier alpha value is -0.740. The first-order valence-electron chi connectivity index (χ1n) is 6.28. The minimum Gasteiger partial charge on any atom is -0.368 e. The van der Waals surface area contributed by atoms with E-state index in [1.807, 2.05) is 19.2 Å². The lowest BCUT2D eigenvalue weighted by atomic mass is 10.2. The Kier molecular flexibility index (Phi) is 4.29. The van der Waals surface area contributed by atoms with Crippen molar-refractivity contribution < 1.29 is 0 Å². The van der Waals surface area contributed by atoms with Crippen LogP contribution in [0.2, 0.25) is 0 Å². The first-order valence-corrected chi connectivity index (χ1v) is 7.33. The van der Waals surface area contributed by atoms with E-state index in [9.17, 15) is 0 Å². The molecule has 1 aromatic heterocycles. The second-order valence-electron chi connectivity index (χ2n) is 4.58. The van der Waals surface area contributed by atoms with Gasteiger partial charge < -0.3 is 10.6 Å². The Balaban J connectivity index is 2.06. The molecule has 0 aliphatic carbocycles. The van der Waals surface area contributed by atoms with Crippen LogP contribution in [0.25, 0.3) is 0 Å². The first-order chi connectivity index (χ1) is 8.20. The number of hydrogen-bond acceptors (Lipinski definition) is 4. The van der Waals surface area contributed by atoms with Gasteiger partial charge in [-0.2, -0.15) is 11.8 Å². The summed E-state index contributed by atoms with van der Waals surface area (Å²) in [6.07, 6.45) is 3.20. The number of hydrogen-bond donors (Lipinski definition) is 1. The highest BCUT2D eigenvalue weighted by molar-refractivity contribution is 8.00. The molecule has 1 saturated heterocycles. The van der Waals surface area contributed by atoms with Crippen molar-refractivity contribution in [2.45, 2.75) is 31.6 Å². The van der Waals surface area contributed by atoms with Gasteiger partial charge in [0.2, 0.25) is 0 Å². The summed E-state index contributed by atoms with van der Waals surface area (Å²) in [6, 6.07) is 4.21. The number of nitrogens with two attached hydrogens (primary N) is 1. The Morgan fingerprint density at radius 1 is 1.59 bits per heavy atom. The van der Waals surface area contributed by atoms with E-state index in [1.165, 1.54) is 17.9 Å². The summed E-state index contributed by atoms with van der Waals surface area (Å²) < 4.78 is 0. The van der Waals surface area contributed by atoms with Crippen LogP contribution in [0.15, 0.2) is 18.3 Å². The smallest absolute Gasteiger partial charge is 0.0569 e. The first kappa shape index (κ1) is 12.7. The van der Waals surface area contributed by atoms with Crippen LogP contribution in [0.1, 0.15) is 32.0 Å². The van der Waals surface area contributed by atoms with Crippen molar-refractivity contribution in [1.82, 2.24) is 4.98 Å². The minimum absolute atomic E-state index is 0.0179. The zero-order chi connectivity index (χ0) is 12.3. The van der Waals surface area contributed by atoms with Crippen molar-refractivity contribution in [3.63, 3.8) is 0 Å². The molecule has 1 fully saturated rings. The summed E-state index contributed by atoms with van der Waals surface area (Å²) in [6.45, 7) is 6.49. The molecule has 2 atom stereocenters. The molecule has 0 radical (unpaired) electrons. The van der Waals surface area contributed by atoms with Crippen molar-refractivity contribution >= 4 is 17.4 Å². The van der Waals surface area contributed by atoms with Gasteiger partial charge in [-0.05, 0) is 25.5 Å². The number of thioether (sulfide) groups is 1. The van der Waals surface area contributed by atoms with E-state index in [4.69, 9.17) is 5.73 Å². The third-order valence-electron chi connectivity index (χ3n) is 3.20. The van der Waals surface area contributed by atoms with Gasteiger partial charge in [0.05, 0.1) is 17.6 Å². The highest BCUT2D eigenvalue weighted by atomic mass is 32.2. The quantitative estimate of drug-likeness (QED) is 0.896. The number of pyridine rings is 1. The molecule has 1 aromatic rings. The summed E-state index contributed by atoms with van der Waals surface area (Å²) in [7, 11) is 0. The van der Waals surface area contributed by atoms with Gasteiger partial charge in [-0.1, -0.05) is 6.92 Å². The molecule has 0 amide bonds. The number of aromatic nitrogens is 1. The summed E-state index contributed by atoms with van der Waals surface area (Å²) in [5.74, 6) is 1.22. The van der Waals surface area contributed by atoms with Crippen LogP contribution in [-0.2, 0) is 0 Å². The van der Waals surface area contributed by atoms with E-state index >= 15 is 0 Å². The fourth-order valence-corrected chi connectivity index (χ4v) is 3.23. The lowest BCUT2D eigenvalue weighted by molar-refractivity contribution is 0.723. The van der Waals surface area contributed by atoms with E-state index in [-0.39, 0.29) is 6.04 Å². The van der Waals surface area contributed by atoms with Gasteiger partial charge in [0.15, 0.2) is 0 Å². The van der Waals surface area contributed by atoms with Gasteiger partial charge in [0, 0.05) is 30.1 Å². The number of nitrogens with zero attached hydrogens (tertiary/aromatic N) is 2. The van der Waals surface area contributed by atoms with Crippen LogP contribution in [0.4, 0.5) is 5.69 Å². The second-order valence-corrected chi connectivity index (χ2v) is 5.99. The van der Waals surface area contributed by atoms with Gasteiger partial charge in [0.1, 0.15) is 0 Å². The largest absolute Gasteiger partial charge is 0.368 e. The maximum Gasteiger partial charge on any atom is 0.0569 e. The average Bonchev–Trinajstić information content (AvgIpc) is 2.39. The van der Waals surface area contributed by atoms with Crippen molar-refractivity contribution in [1.29, 1.82) is 0 Å². The molecule has 0 saturated carbocycles. The van der Waals surface area contributed by atoms with Crippen LogP contribution in [0, 0.1) is 0 Å². The average molecular weight is 251 g/mol. The lowest BCUT2D eigenvalue weighted by Crippen LogP contribution is -2.37. The van der Waals surface area contributed by atoms with E-state index in [1.54, 1.807) is 0 Å². The maximum atomic E-state index is 5.81. The Morgan fingerprint density at radius 2 is 2.41 bits per heavy atom. The molecule has 1 aliphatic heterocycles.